The van der Waals surface area contributed by atoms with Crippen LogP contribution in [0.1, 0.15) is 5.56 Å². The fraction of sp³-hybridized carbons (Fsp3) is 0.409. The van der Waals surface area contributed by atoms with Gasteiger partial charge in [-0.1, -0.05) is 41.9 Å². The Kier molecular flexibility index (Phi) is 7.20. The van der Waals surface area contributed by atoms with Gasteiger partial charge >= 0.3 is 6.03 Å². The second kappa shape index (κ2) is 10.1. The Balaban J connectivity index is 1.36. The second-order valence-electron chi connectivity index (χ2n) is 7.71. The largest absolute Gasteiger partial charge is 0.379 e. The number of carbonyl (C=O) groups excluding carboxylic acids is 1. The maximum Gasteiger partial charge on any atom is 0.317 e. The van der Waals surface area contributed by atoms with E-state index in [1.807, 2.05) is 24.3 Å². The molecule has 2 aliphatic heterocycles. The van der Waals surface area contributed by atoms with Crippen molar-refractivity contribution in [3.8, 4) is 0 Å². The predicted octanol–water partition coefficient (Wildman–Crippen LogP) is 2.39. The number of benzene rings is 2. The Bertz CT molecular complexity index is 1050. The summed E-state index contributed by atoms with van der Waals surface area (Å²) in [6.07, 6.45) is 0. The van der Waals surface area contributed by atoms with Gasteiger partial charge in [-0.25, -0.2) is 13.2 Å². The zero-order valence-electron chi connectivity index (χ0n) is 17.7. The minimum atomic E-state index is -3.64. The number of nitrogens with zero attached hydrogens (tertiary/aromatic N) is 3. The van der Waals surface area contributed by atoms with Crippen molar-refractivity contribution < 1.29 is 17.9 Å². The van der Waals surface area contributed by atoms with Gasteiger partial charge < -0.3 is 19.9 Å². The summed E-state index contributed by atoms with van der Waals surface area (Å²) < 4.78 is 32.9. The molecular weight excluding hydrogens is 452 g/mol. The summed E-state index contributed by atoms with van der Waals surface area (Å²) in [7, 11) is -3.64. The summed E-state index contributed by atoms with van der Waals surface area (Å²) in [6, 6.07) is 14.3. The number of anilines is 1. The van der Waals surface area contributed by atoms with Crippen molar-refractivity contribution >= 4 is 33.3 Å². The van der Waals surface area contributed by atoms with Crippen LogP contribution in [0.4, 0.5) is 10.5 Å². The van der Waals surface area contributed by atoms with Crippen molar-refractivity contribution in [1.29, 1.82) is 0 Å². The lowest BCUT2D eigenvalue weighted by atomic mass is 10.2. The van der Waals surface area contributed by atoms with Crippen molar-refractivity contribution in [2.45, 2.75) is 11.4 Å². The summed E-state index contributed by atoms with van der Waals surface area (Å²) >= 11 is 6.29. The number of carbonyl (C=O) groups is 1. The SMILES string of the molecule is O=C(NCc1ccccc1S(=O)(=O)N1CCOCC1)N1CCN(c2ccccc2Cl)CC1. The quantitative estimate of drug-likeness (QED) is 0.713. The van der Waals surface area contributed by atoms with Crippen LogP contribution in [0.15, 0.2) is 53.4 Å². The standard InChI is InChI=1S/C22H27ClN4O4S/c23-19-6-2-3-7-20(19)25-9-11-26(12-10-25)22(28)24-17-18-5-1-4-8-21(18)32(29,30)27-13-15-31-16-14-27/h1-8H,9-17H2,(H,24,28). The number of halogens is 1. The number of amides is 2. The van der Waals surface area contributed by atoms with E-state index < -0.39 is 10.0 Å². The molecule has 0 unspecified atom stereocenters. The average Bonchev–Trinajstić information content (AvgIpc) is 2.84. The van der Waals surface area contributed by atoms with E-state index in [2.05, 4.69) is 10.2 Å². The van der Waals surface area contributed by atoms with Gasteiger partial charge in [-0.15, -0.1) is 0 Å². The molecule has 0 atom stereocenters. The smallest absolute Gasteiger partial charge is 0.317 e. The molecule has 2 aromatic rings. The van der Waals surface area contributed by atoms with E-state index in [-0.39, 0.29) is 17.5 Å². The zero-order chi connectivity index (χ0) is 22.6. The first kappa shape index (κ1) is 22.8. The van der Waals surface area contributed by atoms with E-state index in [9.17, 15) is 13.2 Å². The lowest BCUT2D eigenvalue weighted by Crippen LogP contribution is -2.51. The maximum atomic E-state index is 13.1. The van der Waals surface area contributed by atoms with Gasteiger partial charge in [0.2, 0.25) is 10.0 Å². The van der Waals surface area contributed by atoms with Crippen molar-refractivity contribution in [1.82, 2.24) is 14.5 Å². The number of hydrogen-bond acceptors (Lipinski definition) is 5. The van der Waals surface area contributed by atoms with Crippen molar-refractivity contribution in [3.63, 3.8) is 0 Å². The average molecular weight is 479 g/mol. The molecule has 10 heteroatoms. The Labute approximate surface area is 193 Å². The fourth-order valence-electron chi connectivity index (χ4n) is 3.97. The minimum Gasteiger partial charge on any atom is -0.379 e. The number of sulfonamides is 1. The van der Waals surface area contributed by atoms with Crippen LogP contribution in [-0.4, -0.2) is 76.1 Å². The predicted molar refractivity (Wildman–Crippen MR) is 123 cm³/mol. The van der Waals surface area contributed by atoms with E-state index >= 15 is 0 Å². The molecule has 2 aliphatic rings. The van der Waals surface area contributed by atoms with Crippen molar-refractivity contribution in [2.75, 3.05) is 57.4 Å². The summed E-state index contributed by atoms with van der Waals surface area (Å²) in [4.78, 5) is 16.9. The van der Waals surface area contributed by atoms with E-state index in [0.717, 1.165) is 5.69 Å². The van der Waals surface area contributed by atoms with Crippen LogP contribution >= 0.6 is 11.6 Å². The van der Waals surface area contributed by atoms with Gasteiger partial charge in [0.25, 0.3) is 0 Å². The molecule has 2 amide bonds. The number of ether oxygens (including phenoxy) is 1. The van der Waals surface area contributed by atoms with E-state index in [1.54, 1.807) is 29.2 Å². The molecule has 2 aromatic carbocycles. The minimum absolute atomic E-state index is 0.142. The molecule has 0 radical (unpaired) electrons. The van der Waals surface area contributed by atoms with E-state index in [0.29, 0.717) is 63.1 Å². The Hall–Kier alpha value is -2.33. The number of piperazine rings is 1. The lowest BCUT2D eigenvalue weighted by Gasteiger charge is -2.36. The molecule has 0 aliphatic carbocycles. The molecule has 0 spiro atoms. The number of para-hydroxylation sites is 1. The van der Waals surface area contributed by atoms with Gasteiger partial charge in [-0.05, 0) is 23.8 Å². The summed E-state index contributed by atoms with van der Waals surface area (Å²) in [5, 5.41) is 3.58. The molecule has 0 saturated carbocycles. The molecular formula is C22H27ClN4O4S. The highest BCUT2D eigenvalue weighted by Gasteiger charge is 2.29. The Morgan fingerprint density at radius 1 is 0.938 bits per heavy atom. The summed E-state index contributed by atoms with van der Waals surface area (Å²) in [6.45, 7) is 4.06. The van der Waals surface area contributed by atoms with Crippen LogP contribution in [0.2, 0.25) is 5.02 Å². The molecule has 2 heterocycles. The number of hydrogen-bond donors (Lipinski definition) is 1. The van der Waals surface area contributed by atoms with Crippen molar-refractivity contribution in [2.24, 2.45) is 0 Å². The van der Waals surface area contributed by atoms with E-state index in [4.69, 9.17) is 16.3 Å². The highest BCUT2D eigenvalue weighted by atomic mass is 35.5. The Morgan fingerprint density at radius 2 is 1.59 bits per heavy atom. The number of urea groups is 1. The number of morpholine rings is 1. The van der Waals surface area contributed by atoms with E-state index in [1.165, 1.54) is 4.31 Å². The Morgan fingerprint density at radius 3 is 2.31 bits per heavy atom. The van der Waals surface area contributed by atoms with Crippen LogP contribution in [0.25, 0.3) is 0 Å². The third kappa shape index (κ3) is 5.01. The normalized spacial score (nSPS) is 17.9. The second-order valence-corrected chi connectivity index (χ2v) is 10.0. The molecule has 8 nitrogen and oxygen atoms in total. The van der Waals surface area contributed by atoms with Crippen LogP contribution in [0, 0.1) is 0 Å². The summed E-state index contributed by atoms with van der Waals surface area (Å²) in [5.41, 5.74) is 1.54. The number of nitrogens with one attached hydrogen (secondary N) is 1. The summed E-state index contributed by atoms with van der Waals surface area (Å²) in [5.74, 6) is 0. The first-order valence-corrected chi connectivity index (χ1v) is 12.5. The maximum absolute atomic E-state index is 13.1. The molecule has 0 aromatic heterocycles. The topological polar surface area (TPSA) is 82.2 Å². The molecule has 4 rings (SSSR count). The highest BCUT2D eigenvalue weighted by Crippen LogP contribution is 2.26. The van der Waals surface area contributed by atoms with Gasteiger partial charge in [0.1, 0.15) is 0 Å². The molecule has 0 bridgehead atoms. The van der Waals surface area contributed by atoms with Crippen molar-refractivity contribution in [3.05, 3.63) is 59.1 Å². The van der Waals surface area contributed by atoms with Crippen LogP contribution in [-0.2, 0) is 21.3 Å². The van der Waals surface area contributed by atoms with Gasteiger partial charge in [0, 0.05) is 45.8 Å². The zero-order valence-corrected chi connectivity index (χ0v) is 19.3. The van der Waals surface area contributed by atoms with Crippen LogP contribution < -0.4 is 10.2 Å². The third-order valence-electron chi connectivity index (χ3n) is 5.75. The van der Waals surface area contributed by atoms with Gasteiger partial charge in [0.15, 0.2) is 0 Å². The lowest BCUT2D eigenvalue weighted by molar-refractivity contribution is 0.0730. The first-order chi connectivity index (χ1) is 15.5. The molecule has 2 saturated heterocycles. The monoisotopic (exact) mass is 478 g/mol. The molecule has 172 valence electrons. The number of rotatable bonds is 5. The molecule has 1 N–H and O–H groups in total. The van der Waals surface area contributed by atoms with Gasteiger partial charge in [0.05, 0.1) is 28.8 Å². The van der Waals surface area contributed by atoms with Crippen LogP contribution in [0.3, 0.4) is 0 Å². The third-order valence-corrected chi connectivity index (χ3v) is 8.07. The van der Waals surface area contributed by atoms with Gasteiger partial charge in [-0.3, -0.25) is 0 Å². The molecule has 32 heavy (non-hydrogen) atoms. The van der Waals surface area contributed by atoms with Gasteiger partial charge in [-0.2, -0.15) is 4.31 Å². The van der Waals surface area contributed by atoms with Crippen LogP contribution in [0.5, 0.6) is 0 Å². The first-order valence-electron chi connectivity index (χ1n) is 10.6. The molecule has 2 fully saturated rings. The fourth-order valence-corrected chi connectivity index (χ4v) is 5.85. The highest BCUT2D eigenvalue weighted by molar-refractivity contribution is 7.89.